The van der Waals surface area contributed by atoms with Gasteiger partial charge in [0, 0.05) is 78.2 Å². The number of aliphatic hydroxyl groups excluding tert-OH is 1. The molecule has 5 heterocycles. The number of anilines is 1. The number of nitrogens with zero attached hydrogens (tertiary/aromatic N) is 4. The summed E-state index contributed by atoms with van der Waals surface area (Å²) in [5.74, 6) is -2.20. The van der Waals surface area contributed by atoms with Gasteiger partial charge < -0.3 is 58.9 Å². The molecule has 2 aromatic carbocycles. The van der Waals surface area contributed by atoms with E-state index >= 15 is 0 Å². The zero-order valence-corrected chi connectivity index (χ0v) is 46.7. The van der Waals surface area contributed by atoms with Crippen molar-refractivity contribution in [3.8, 4) is 5.75 Å². The number of halogens is 1. The summed E-state index contributed by atoms with van der Waals surface area (Å²) >= 11 is 6.82. The lowest BCUT2D eigenvalue weighted by Crippen LogP contribution is -2.72. The van der Waals surface area contributed by atoms with Crippen molar-refractivity contribution in [1.29, 1.82) is 0 Å². The molecule has 21 nitrogen and oxygen atoms in total. The number of amides is 5. The van der Waals surface area contributed by atoms with E-state index in [0.717, 1.165) is 27.7 Å². The number of aliphatic hydroxyl groups is 2. The molecule has 2 fully saturated rings. The fraction of sp³-hybridized carbons (Fsp3) is 0.564. The highest BCUT2D eigenvalue weighted by atomic mass is 35.5. The molecule has 6 bridgehead atoms. The number of esters is 1. The van der Waals surface area contributed by atoms with Crippen LogP contribution < -0.4 is 31.0 Å². The Bertz CT molecular complexity index is 2690. The van der Waals surface area contributed by atoms with Crippen LogP contribution in [0.5, 0.6) is 5.75 Å². The topological polar surface area (TPSA) is 252 Å². The third-order valence-corrected chi connectivity index (χ3v) is 15.3. The number of nitrogens with one attached hydrogen (secondary N) is 4. The Hall–Kier alpha value is -6.07. The number of para-hydroxylation sites is 1. The summed E-state index contributed by atoms with van der Waals surface area (Å²) in [6, 6.07) is 11.3. The van der Waals surface area contributed by atoms with Gasteiger partial charge in [-0.3, -0.25) is 29.9 Å². The summed E-state index contributed by atoms with van der Waals surface area (Å²) in [5.41, 5.74) is 2.67. The summed E-state index contributed by atoms with van der Waals surface area (Å²) in [6.45, 7) is 7.43. The van der Waals surface area contributed by atoms with Crippen LogP contribution in [0, 0.1) is 0 Å². The van der Waals surface area contributed by atoms with Crippen LogP contribution in [0.25, 0.3) is 10.9 Å². The van der Waals surface area contributed by atoms with Gasteiger partial charge in [0.2, 0.25) is 23.6 Å². The van der Waals surface area contributed by atoms with Crippen molar-refractivity contribution in [2.24, 2.45) is 0 Å². The van der Waals surface area contributed by atoms with Gasteiger partial charge in [-0.25, -0.2) is 14.6 Å². The van der Waals surface area contributed by atoms with E-state index in [1.54, 1.807) is 45.2 Å². The third kappa shape index (κ3) is 14.5. The highest BCUT2D eigenvalue weighted by molar-refractivity contribution is 6.35. The van der Waals surface area contributed by atoms with Gasteiger partial charge in [-0.15, -0.1) is 0 Å². The predicted molar refractivity (Wildman–Crippen MR) is 289 cm³/mol. The lowest BCUT2D eigenvalue weighted by atomic mass is 9.72. The number of aryl methyl sites for hydroxylation is 1. The molecule has 2 saturated heterocycles. The molecule has 1 unspecified atom stereocenters. The van der Waals surface area contributed by atoms with Crippen molar-refractivity contribution in [3.63, 3.8) is 0 Å². The summed E-state index contributed by atoms with van der Waals surface area (Å²) in [6.07, 6.45) is 2.73. The molecule has 7 rings (SSSR count). The molecule has 4 aliphatic heterocycles. The molecular formula is C55H77ClN8O13. The average Bonchev–Trinajstić information content (AvgIpc) is 3.74. The van der Waals surface area contributed by atoms with E-state index in [1.165, 1.54) is 38.0 Å². The zero-order valence-electron chi connectivity index (χ0n) is 45.9. The Balaban J connectivity index is 1.05. The summed E-state index contributed by atoms with van der Waals surface area (Å²) < 4.78 is 31.8. The van der Waals surface area contributed by atoms with Crippen LogP contribution in [-0.4, -0.2) is 163 Å². The van der Waals surface area contributed by atoms with Crippen molar-refractivity contribution in [2.45, 2.75) is 146 Å². The van der Waals surface area contributed by atoms with Crippen molar-refractivity contribution < 1.29 is 62.7 Å². The number of allylic oxidation sites excluding steroid dienone is 3. The Labute approximate surface area is 455 Å². The number of carbonyl (C=O) groups excluding carboxylic acids is 6. The van der Waals surface area contributed by atoms with Crippen molar-refractivity contribution in [1.82, 2.24) is 35.9 Å². The molecule has 8 atom stereocenters. The predicted octanol–water partition coefficient (Wildman–Crippen LogP) is 4.42. The largest absolute Gasteiger partial charge is 0.495 e. The Kier molecular flexibility index (Phi) is 20.4. The minimum Gasteiger partial charge on any atom is -0.495 e. The van der Waals surface area contributed by atoms with E-state index in [9.17, 15) is 39.0 Å². The number of fused-ring (bicyclic) bond motifs is 7. The lowest BCUT2D eigenvalue weighted by Gasteiger charge is -2.59. The van der Waals surface area contributed by atoms with Crippen LogP contribution in [0.4, 0.5) is 10.5 Å². The fourth-order valence-corrected chi connectivity index (χ4v) is 10.6. The van der Waals surface area contributed by atoms with E-state index in [0.29, 0.717) is 50.2 Å². The minimum absolute atomic E-state index is 0.0759. The molecule has 4 aliphatic rings. The molecule has 77 heavy (non-hydrogen) atoms. The number of methoxy groups -OCH3 is 2. The van der Waals surface area contributed by atoms with Crippen LogP contribution in [0.15, 0.2) is 66.3 Å². The first-order chi connectivity index (χ1) is 36.5. The van der Waals surface area contributed by atoms with Crippen LogP contribution >= 0.6 is 11.6 Å². The Morgan fingerprint density at radius 1 is 1.04 bits per heavy atom. The standard InChI is InChI=1S/C55H77ClN8O13/c1-34-17-16-20-43(74-10)55(72)30-45(76-52(71)60-55)54(4)33-53(3,77-54)44(29-48(68)63(8)41-26-36(25-34)27-42(73-9)49(41)56)75-51(70)35(2)62(7)47(67)21-12-11-15-23-58-50(69)39(32-65)59-46(66)22-24-64-38(31-61(6)57-5)28-37-18-13-14-19-40(37)64/h13-14,16-20,26-28,35,39,43-45,57,65,72H,11-12,15,21-25,29-33H2,1-10H3,(H,58,69)(H,59,66)(H,60,71)/b20-16+,34-17+/t35-,39-,43+,44-,45-,53+,54?,55-/m0/s1. The molecule has 5 amide bonds. The van der Waals surface area contributed by atoms with Crippen LogP contribution in [0.2, 0.25) is 5.02 Å². The minimum atomic E-state index is -1.90. The molecule has 22 heteroatoms. The first-order valence-corrected chi connectivity index (χ1v) is 26.4. The van der Waals surface area contributed by atoms with E-state index in [2.05, 4.69) is 32.0 Å². The number of aromatic nitrogens is 1. The fourth-order valence-electron chi connectivity index (χ4n) is 10.3. The molecule has 0 spiro atoms. The number of rotatable bonds is 20. The second-order valence-electron chi connectivity index (χ2n) is 20.8. The van der Waals surface area contributed by atoms with Gasteiger partial charge in [0.15, 0.2) is 5.72 Å². The number of likely N-dealkylation sites (N-methyl/N-ethyl adjacent to an activating group) is 1. The van der Waals surface area contributed by atoms with Gasteiger partial charge in [-0.2, -0.15) is 0 Å². The Morgan fingerprint density at radius 2 is 1.77 bits per heavy atom. The third-order valence-electron chi connectivity index (χ3n) is 14.9. The normalized spacial score (nSPS) is 25.6. The average molecular weight is 1090 g/mol. The number of alkyl carbamates (subject to hydrolysis) is 1. The lowest BCUT2D eigenvalue weighted by molar-refractivity contribution is -0.328. The second kappa shape index (κ2) is 26.1. The molecule has 6 N–H and O–H groups in total. The molecule has 3 aromatic rings. The maximum absolute atomic E-state index is 14.4. The van der Waals surface area contributed by atoms with Gasteiger partial charge >= 0.3 is 12.1 Å². The highest BCUT2D eigenvalue weighted by Gasteiger charge is 2.63. The number of benzene rings is 2. The van der Waals surface area contributed by atoms with Gasteiger partial charge in [0.25, 0.3) is 0 Å². The number of hydrogen-bond acceptors (Lipinski definition) is 15. The number of hydrazine groups is 1. The van der Waals surface area contributed by atoms with Gasteiger partial charge in [-0.05, 0) is 89.2 Å². The van der Waals surface area contributed by atoms with Crippen molar-refractivity contribution in [2.75, 3.05) is 60.5 Å². The number of unbranched alkanes of at least 4 members (excludes halogenated alkanes) is 2. The van der Waals surface area contributed by atoms with Crippen molar-refractivity contribution >= 4 is 63.9 Å². The Morgan fingerprint density at radius 3 is 2.45 bits per heavy atom. The summed E-state index contributed by atoms with van der Waals surface area (Å²) in [7, 11) is 9.67. The molecule has 0 aliphatic carbocycles. The maximum Gasteiger partial charge on any atom is 0.409 e. The first kappa shape index (κ1) is 60.2. The number of ether oxygens (including phenoxy) is 5. The van der Waals surface area contributed by atoms with E-state index in [1.807, 2.05) is 56.4 Å². The molecular weight excluding hydrogens is 1020 g/mol. The molecule has 0 saturated carbocycles. The quantitative estimate of drug-likeness (QED) is 0.0521. The van der Waals surface area contributed by atoms with Gasteiger partial charge in [-0.1, -0.05) is 60.0 Å². The summed E-state index contributed by atoms with van der Waals surface area (Å²) in [5, 5.41) is 33.0. The molecule has 422 valence electrons. The highest BCUT2D eigenvalue weighted by Crippen LogP contribution is 2.50. The van der Waals surface area contributed by atoms with Crippen LogP contribution in [0.3, 0.4) is 0 Å². The first-order valence-electron chi connectivity index (χ1n) is 26.0. The monoisotopic (exact) mass is 1090 g/mol. The van der Waals surface area contributed by atoms with Crippen molar-refractivity contribution in [3.05, 3.63) is 82.5 Å². The summed E-state index contributed by atoms with van der Waals surface area (Å²) in [4.78, 5) is 83.7. The van der Waals surface area contributed by atoms with E-state index < -0.39 is 77.8 Å². The van der Waals surface area contributed by atoms with E-state index in [-0.39, 0.29) is 55.5 Å². The number of hydrogen-bond donors (Lipinski definition) is 6. The SMILES string of the molecule is CNN(C)Cc1cc2ccccc2n1CCC(=O)N[C@@H](CO)C(=O)NCCCCCC(=O)N(C)[C@@H](C)C(=O)O[C@H]1CC(=O)N(C)c2cc(cc(OC)c2Cl)C/C(C)=C/C=C/[C@@H](OC)[C@@]2(O)C[C@H](OC(=O)N2)C2(C)C[C@@]1(C)O2. The maximum atomic E-state index is 14.4. The molecule has 0 radical (unpaired) electrons. The van der Waals surface area contributed by atoms with Crippen LogP contribution in [-0.2, 0) is 62.4 Å². The van der Waals surface area contributed by atoms with Gasteiger partial charge in [0.05, 0.1) is 32.4 Å². The number of carbonyl (C=O) groups is 6. The molecule has 1 aromatic heterocycles. The smallest absolute Gasteiger partial charge is 0.409 e. The zero-order chi connectivity index (χ0) is 56.4. The van der Waals surface area contributed by atoms with Crippen LogP contribution in [0.1, 0.15) is 90.3 Å². The van der Waals surface area contributed by atoms with Gasteiger partial charge in [0.1, 0.15) is 52.4 Å². The second-order valence-corrected chi connectivity index (χ2v) is 21.1. The van der Waals surface area contributed by atoms with E-state index in [4.69, 9.17) is 35.3 Å².